The lowest BCUT2D eigenvalue weighted by molar-refractivity contribution is -0.137. The van der Waals surface area contributed by atoms with E-state index in [1.807, 2.05) is 60.3 Å². The maximum atomic E-state index is 12.3. The normalized spacial score (nSPS) is 18.5. The van der Waals surface area contributed by atoms with Crippen molar-refractivity contribution in [2.45, 2.75) is 18.6 Å². The average molecular weight is 349 g/mol. The van der Waals surface area contributed by atoms with Gasteiger partial charge in [-0.25, -0.2) is 0 Å². The highest BCUT2D eigenvalue weighted by molar-refractivity contribution is 6.39. The lowest BCUT2D eigenvalue weighted by Crippen LogP contribution is -2.40. The summed E-state index contributed by atoms with van der Waals surface area (Å²) in [5.41, 5.74) is 3.35. The van der Waals surface area contributed by atoms with Gasteiger partial charge in [0, 0.05) is 30.9 Å². The quantitative estimate of drug-likeness (QED) is 0.618. The molecule has 3 aromatic rings. The minimum atomic E-state index is -0.766. The second-order valence-electron chi connectivity index (χ2n) is 6.58. The third-order valence-electron chi connectivity index (χ3n) is 4.84. The first-order valence-electron chi connectivity index (χ1n) is 8.46. The highest BCUT2D eigenvalue weighted by Gasteiger charge is 2.33. The summed E-state index contributed by atoms with van der Waals surface area (Å²) >= 11 is 0. The largest absolute Gasteiger partial charge is 0.390 e. The molecule has 0 radical (unpaired) electrons. The molecule has 1 aliphatic carbocycles. The number of hydrogen-bond donors (Lipinski definition) is 3. The number of aliphatic hydroxyl groups is 1. The average Bonchev–Trinajstić information content (AvgIpc) is 3.15. The van der Waals surface area contributed by atoms with E-state index in [4.69, 9.17) is 0 Å². The van der Waals surface area contributed by atoms with Gasteiger partial charge in [-0.05, 0) is 34.7 Å². The number of carbonyl (C=O) groups is 2. The fourth-order valence-electron chi connectivity index (χ4n) is 3.48. The summed E-state index contributed by atoms with van der Waals surface area (Å²) in [6.45, 7) is 0. The predicted octanol–water partition coefficient (Wildman–Crippen LogP) is 1.89. The summed E-state index contributed by atoms with van der Waals surface area (Å²) < 4.78 is 1.94. The van der Waals surface area contributed by atoms with Crippen molar-refractivity contribution < 1.29 is 14.7 Å². The van der Waals surface area contributed by atoms with Crippen molar-refractivity contribution in [3.05, 3.63) is 65.9 Å². The van der Waals surface area contributed by atoms with Crippen LogP contribution in [0.5, 0.6) is 0 Å². The van der Waals surface area contributed by atoms with E-state index < -0.39 is 24.0 Å². The molecular weight excluding hydrogens is 330 g/mol. The van der Waals surface area contributed by atoms with Crippen molar-refractivity contribution >= 4 is 28.4 Å². The van der Waals surface area contributed by atoms with E-state index in [1.54, 1.807) is 6.07 Å². The molecule has 0 spiro atoms. The minimum absolute atomic E-state index is 0.465. The number of hydrogen-bond acceptors (Lipinski definition) is 3. The Morgan fingerprint density at radius 1 is 1.12 bits per heavy atom. The third-order valence-corrected chi connectivity index (χ3v) is 4.84. The standard InChI is InChI=1S/C20H19N3O3/c1-23-9-8-12-6-7-14(11-16(12)23)21-19(25)20(26)22-18-15-5-3-2-4-13(15)10-17(18)24/h2-9,11,17-18,24H,10H2,1H3,(H,21,25)(H,22,26)/t17-,18+/m1/s1. The lowest BCUT2D eigenvalue weighted by atomic mass is 10.1. The van der Waals surface area contributed by atoms with Crippen LogP contribution >= 0.6 is 0 Å². The van der Waals surface area contributed by atoms with Crippen LogP contribution in [0, 0.1) is 0 Å². The zero-order chi connectivity index (χ0) is 18.3. The zero-order valence-corrected chi connectivity index (χ0v) is 14.3. The van der Waals surface area contributed by atoms with Gasteiger partial charge in [-0.3, -0.25) is 9.59 Å². The van der Waals surface area contributed by atoms with Gasteiger partial charge >= 0.3 is 11.8 Å². The number of amides is 2. The molecule has 6 nitrogen and oxygen atoms in total. The van der Waals surface area contributed by atoms with Crippen molar-refractivity contribution in [1.82, 2.24) is 9.88 Å². The van der Waals surface area contributed by atoms with Crippen molar-refractivity contribution in [3.8, 4) is 0 Å². The van der Waals surface area contributed by atoms with Gasteiger partial charge < -0.3 is 20.3 Å². The van der Waals surface area contributed by atoms with Crippen molar-refractivity contribution in [2.75, 3.05) is 5.32 Å². The molecular formula is C20H19N3O3. The number of rotatable bonds is 2. The van der Waals surface area contributed by atoms with Crippen LogP contribution in [0.1, 0.15) is 17.2 Å². The van der Waals surface area contributed by atoms with Crippen LogP contribution in [0.2, 0.25) is 0 Å². The van der Waals surface area contributed by atoms with Gasteiger partial charge in [0.25, 0.3) is 0 Å². The molecule has 26 heavy (non-hydrogen) atoms. The van der Waals surface area contributed by atoms with Gasteiger partial charge in [0.2, 0.25) is 0 Å². The molecule has 3 N–H and O–H groups in total. The molecule has 2 amide bonds. The number of aryl methyl sites for hydroxylation is 1. The predicted molar refractivity (Wildman–Crippen MR) is 98.6 cm³/mol. The first kappa shape index (κ1) is 16.4. The van der Waals surface area contributed by atoms with Crippen LogP contribution in [0.3, 0.4) is 0 Å². The van der Waals surface area contributed by atoms with E-state index in [-0.39, 0.29) is 0 Å². The zero-order valence-electron chi connectivity index (χ0n) is 14.3. The van der Waals surface area contributed by atoms with Crippen molar-refractivity contribution in [3.63, 3.8) is 0 Å². The Morgan fingerprint density at radius 3 is 2.77 bits per heavy atom. The molecule has 0 saturated carbocycles. The lowest BCUT2D eigenvalue weighted by Gasteiger charge is -2.17. The summed E-state index contributed by atoms with van der Waals surface area (Å²) in [7, 11) is 1.92. The van der Waals surface area contributed by atoms with Crippen LogP contribution in [-0.2, 0) is 23.1 Å². The molecule has 0 saturated heterocycles. The second kappa shape index (κ2) is 6.31. The van der Waals surface area contributed by atoms with Crippen molar-refractivity contribution in [2.24, 2.45) is 7.05 Å². The maximum Gasteiger partial charge on any atom is 0.313 e. The molecule has 1 heterocycles. The number of aromatic nitrogens is 1. The number of nitrogens with zero attached hydrogens (tertiary/aromatic N) is 1. The van der Waals surface area contributed by atoms with E-state index >= 15 is 0 Å². The van der Waals surface area contributed by atoms with Gasteiger partial charge in [0.1, 0.15) is 0 Å². The van der Waals surface area contributed by atoms with Crippen molar-refractivity contribution in [1.29, 1.82) is 0 Å². The Balaban J connectivity index is 1.48. The van der Waals surface area contributed by atoms with E-state index in [2.05, 4.69) is 10.6 Å². The SMILES string of the molecule is Cn1ccc2ccc(NC(=O)C(=O)N[C@H]3c4ccccc4C[C@H]3O)cc21. The van der Waals surface area contributed by atoms with Crippen LogP contribution in [0.15, 0.2) is 54.7 Å². The minimum Gasteiger partial charge on any atom is -0.390 e. The van der Waals surface area contributed by atoms with E-state index in [0.29, 0.717) is 12.1 Å². The van der Waals surface area contributed by atoms with Gasteiger partial charge in [-0.2, -0.15) is 0 Å². The van der Waals surface area contributed by atoms with E-state index in [9.17, 15) is 14.7 Å². The molecule has 2 aromatic carbocycles. The molecule has 0 fully saturated rings. The van der Waals surface area contributed by atoms with Gasteiger partial charge in [0.15, 0.2) is 0 Å². The third kappa shape index (κ3) is 2.84. The Kier molecular flexibility index (Phi) is 3.97. The molecule has 0 aliphatic heterocycles. The molecule has 6 heteroatoms. The molecule has 2 atom stereocenters. The fraction of sp³-hybridized carbons (Fsp3) is 0.200. The number of anilines is 1. The van der Waals surface area contributed by atoms with Crippen LogP contribution < -0.4 is 10.6 Å². The van der Waals surface area contributed by atoms with Gasteiger partial charge in [0.05, 0.1) is 12.1 Å². The molecule has 1 aliphatic rings. The molecule has 4 rings (SSSR count). The Labute approximate surface area is 150 Å². The van der Waals surface area contributed by atoms with Crippen LogP contribution in [-0.4, -0.2) is 27.6 Å². The van der Waals surface area contributed by atoms with E-state index in [1.165, 1.54) is 0 Å². The molecule has 1 aromatic heterocycles. The number of nitrogens with one attached hydrogen (secondary N) is 2. The maximum absolute atomic E-state index is 12.3. The number of benzene rings is 2. The first-order chi connectivity index (χ1) is 12.5. The number of fused-ring (bicyclic) bond motifs is 2. The fourth-order valence-corrected chi connectivity index (χ4v) is 3.48. The number of carbonyl (C=O) groups excluding carboxylic acids is 2. The van der Waals surface area contributed by atoms with E-state index in [0.717, 1.165) is 22.0 Å². The molecule has 132 valence electrons. The highest BCUT2D eigenvalue weighted by atomic mass is 16.3. The smallest absolute Gasteiger partial charge is 0.313 e. The monoisotopic (exact) mass is 349 g/mol. The highest BCUT2D eigenvalue weighted by Crippen LogP contribution is 2.31. The Bertz CT molecular complexity index is 1010. The Hall–Kier alpha value is -3.12. The Morgan fingerprint density at radius 2 is 1.92 bits per heavy atom. The van der Waals surface area contributed by atoms with Crippen LogP contribution in [0.4, 0.5) is 5.69 Å². The second-order valence-corrected chi connectivity index (χ2v) is 6.58. The van der Waals surface area contributed by atoms with Gasteiger partial charge in [-0.1, -0.05) is 30.3 Å². The van der Waals surface area contributed by atoms with Crippen LogP contribution in [0.25, 0.3) is 10.9 Å². The summed E-state index contributed by atoms with van der Waals surface area (Å²) in [6.07, 6.45) is 1.67. The topological polar surface area (TPSA) is 83.4 Å². The first-order valence-corrected chi connectivity index (χ1v) is 8.46. The van der Waals surface area contributed by atoms with Gasteiger partial charge in [-0.15, -0.1) is 0 Å². The molecule has 0 bridgehead atoms. The summed E-state index contributed by atoms with van der Waals surface area (Å²) in [5, 5.41) is 16.5. The molecule has 0 unspecified atom stereocenters. The summed E-state index contributed by atoms with van der Waals surface area (Å²) in [5.74, 6) is -1.52. The number of aliphatic hydroxyl groups excluding tert-OH is 1. The summed E-state index contributed by atoms with van der Waals surface area (Å²) in [6, 6.07) is 14.4. The summed E-state index contributed by atoms with van der Waals surface area (Å²) in [4.78, 5) is 24.6.